The van der Waals surface area contributed by atoms with Crippen LogP contribution < -0.4 is 19.3 Å². The SMILES string of the molecule is COc1ccc(S(=O)(=O)N2CC[NH+](C[C@@H](O)C[NH+]3CCOCC3)CC2)cc1OC. The maximum atomic E-state index is 13.0. The van der Waals surface area contributed by atoms with Crippen molar-refractivity contribution in [1.29, 1.82) is 0 Å². The third-order valence-electron chi connectivity index (χ3n) is 5.67. The number of rotatable bonds is 8. The van der Waals surface area contributed by atoms with Crippen molar-refractivity contribution in [2.45, 2.75) is 11.0 Å². The molecule has 0 amide bonds. The van der Waals surface area contributed by atoms with Gasteiger partial charge in [-0.3, -0.25) is 0 Å². The van der Waals surface area contributed by atoms with E-state index in [0.29, 0.717) is 44.2 Å². The molecule has 2 heterocycles. The quantitative estimate of drug-likeness (QED) is 0.403. The summed E-state index contributed by atoms with van der Waals surface area (Å²) >= 11 is 0. The average molecular weight is 432 g/mol. The Bertz CT molecular complexity index is 761. The summed E-state index contributed by atoms with van der Waals surface area (Å²) in [6.45, 7) is 6.97. The number of piperazine rings is 1. The van der Waals surface area contributed by atoms with Gasteiger partial charge in [-0.05, 0) is 12.1 Å². The second-order valence-electron chi connectivity index (χ2n) is 7.60. The summed E-state index contributed by atoms with van der Waals surface area (Å²) in [5.74, 6) is 0.892. The number of aliphatic hydroxyl groups is 1. The van der Waals surface area contributed by atoms with Crippen molar-refractivity contribution in [1.82, 2.24) is 4.31 Å². The van der Waals surface area contributed by atoms with E-state index in [1.807, 2.05) is 0 Å². The van der Waals surface area contributed by atoms with E-state index >= 15 is 0 Å². The number of nitrogens with zero attached hydrogens (tertiary/aromatic N) is 1. The van der Waals surface area contributed by atoms with Crippen LogP contribution in [-0.4, -0.2) is 104 Å². The highest BCUT2D eigenvalue weighted by Crippen LogP contribution is 2.30. The summed E-state index contributed by atoms with van der Waals surface area (Å²) in [7, 11) is -0.587. The standard InChI is InChI=1S/C19H31N3O6S/c1-26-18-4-3-17(13-19(18)27-2)29(24,25)22-7-5-20(6-8-22)14-16(23)15-21-9-11-28-12-10-21/h3-4,13,16,23H,5-12,14-15H2,1-2H3/p+2/t16-/m1/s1. The Morgan fingerprint density at radius 2 is 1.62 bits per heavy atom. The number of aliphatic hydroxyl groups excluding tert-OH is 1. The normalized spacial score (nSPS) is 21.1. The van der Waals surface area contributed by atoms with E-state index in [4.69, 9.17) is 14.2 Å². The van der Waals surface area contributed by atoms with Crippen LogP contribution in [0.3, 0.4) is 0 Å². The van der Waals surface area contributed by atoms with Crippen LogP contribution in [0.4, 0.5) is 0 Å². The predicted octanol–water partition coefficient (Wildman–Crippen LogP) is -3.13. The van der Waals surface area contributed by atoms with Crippen LogP contribution in [0.25, 0.3) is 0 Å². The second kappa shape index (κ2) is 10.1. The predicted molar refractivity (Wildman–Crippen MR) is 106 cm³/mol. The molecule has 1 aromatic rings. The second-order valence-corrected chi connectivity index (χ2v) is 9.53. The van der Waals surface area contributed by atoms with E-state index < -0.39 is 10.0 Å². The van der Waals surface area contributed by atoms with E-state index in [-0.39, 0.29) is 11.0 Å². The first-order valence-corrected chi connectivity index (χ1v) is 11.5. The van der Waals surface area contributed by atoms with Gasteiger partial charge in [0.2, 0.25) is 10.0 Å². The lowest BCUT2D eigenvalue weighted by atomic mass is 10.2. The molecule has 0 unspecified atom stereocenters. The fraction of sp³-hybridized carbons (Fsp3) is 0.684. The van der Waals surface area contributed by atoms with E-state index in [9.17, 15) is 13.5 Å². The summed E-state index contributed by atoms with van der Waals surface area (Å²) in [5.41, 5.74) is 0. The summed E-state index contributed by atoms with van der Waals surface area (Å²) < 4.78 is 43.3. The van der Waals surface area contributed by atoms with Gasteiger partial charge in [0.15, 0.2) is 17.6 Å². The first-order chi connectivity index (χ1) is 13.9. The van der Waals surface area contributed by atoms with Crippen molar-refractivity contribution in [3.63, 3.8) is 0 Å². The maximum absolute atomic E-state index is 13.0. The van der Waals surface area contributed by atoms with Crippen molar-refractivity contribution in [3.8, 4) is 11.5 Å². The topological polar surface area (TPSA) is 94.2 Å². The number of morpholine rings is 1. The van der Waals surface area contributed by atoms with Crippen molar-refractivity contribution >= 4 is 10.0 Å². The number of sulfonamides is 1. The molecule has 2 saturated heterocycles. The molecule has 0 saturated carbocycles. The minimum Gasteiger partial charge on any atom is -0.493 e. The first kappa shape index (κ1) is 22.3. The third-order valence-corrected chi connectivity index (χ3v) is 7.57. The Hall–Kier alpha value is -1.43. The van der Waals surface area contributed by atoms with Crippen LogP contribution in [0.2, 0.25) is 0 Å². The van der Waals surface area contributed by atoms with Crippen LogP contribution >= 0.6 is 0 Å². The zero-order chi connectivity index (χ0) is 20.9. The molecule has 29 heavy (non-hydrogen) atoms. The first-order valence-electron chi connectivity index (χ1n) is 10.1. The lowest BCUT2D eigenvalue weighted by Crippen LogP contribution is -3.19. The molecule has 3 N–H and O–H groups in total. The number of hydrogen-bond donors (Lipinski definition) is 3. The molecule has 0 aromatic heterocycles. The Morgan fingerprint density at radius 1 is 1.03 bits per heavy atom. The van der Waals surface area contributed by atoms with Gasteiger partial charge in [0.05, 0.1) is 58.5 Å². The van der Waals surface area contributed by atoms with Gasteiger partial charge < -0.3 is 29.1 Å². The largest absolute Gasteiger partial charge is 0.493 e. The Morgan fingerprint density at radius 3 is 2.21 bits per heavy atom. The molecule has 2 aliphatic heterocycles. The molecular formula is C19H33N3O6S+2. The molecule has 10 heteroatoms. The molecule has 0 aliphatic carbocycles. The Balaban J connectivity index is 1.54. The molecule has 1 aromatic carbocycles. The van der Waals surface area contributed by atoms with E-state index in [1.54, 1.807) is 12.1 Å². The minimum atomic E-state index is -3.59. The molecule has 2 fully saturated rings. The zero-order valence-electron chi connectivity index (χ0n) is 17.2. The zero-order valence-corrected chi connectivity index (χ0v) is 18.0. The molecule has 0 spiro atoms. The van der Waals surface area contributed by atoms with Gasteiger partial charge in [-0.25, -0.2) is 8.42 Å². The molecule has 1 atom stereocenters. The number of benzene rings is 1. The number of ether oxygens (including phenoxy) is 3. The van der Waals surface area contributed by atoms with E-state index in [2.05, 4.69) is 0 Å². The van der Waals surface area contributed by atoms with Gasteiger partial charge in [-0.2, -0.15) is 4.31 Å². The Labute approximate surface area is 172 Å². The molecule has 164 valence electrons. The van der Waals surface area contributed by atoms with Crippen LogP contribution in [0.1, 0.15) is 0 Å². The van der Waals surface area contributed by atoms with Gasteiger partial charge in [0, 0.05) is 6.07 Å². The summed E-state index contributed by atoms with van der Waals surface area (Å²) in [5, 5.41) is 10.4. The summed E-state index contributed by atoms with van der Waals surface area (Å²) in [6.07, 6.45) is -0.382. The van der Waals surface area contributed by atoms with Crippen molar-refractivity contribution in [2.24, 2.45) is 0 Å². The van der Waals surface area contributed by atoms with E-state index in [1.165, 1.54) is 34.4 Å². The lowest BCUT2D eigenvalue weighted by molar-refractivity contribution is -0.930. The molecular weight excluding hydrogens is 398 g/mol. The number of methoxy groups -OCH3 is 2. The van der Waals surface area contributed by atoms with Gasteiger partial charge in [-0.1, -0.05) is 0 Å². The average Bonchev–Trinajstić information content (AvgIpc) is 2.74. The van der Waals surface area contributed by atoms with Gasteiger partial charge in [0.1, 0.15) is 26.2 Å². The number of quaternary nitrogens is 2. The summed E-state index contributed by atoms with van der Waals surface area (Å²) in [4.78, 5) is 2.82. The van der Waals surface area contributed by atoms with Crippen LogP contribution in [0, 0.1) is 0 Å². The molecule has 2 aliphatic rings. The van der Waals surface area contributed by atoms with Gasteiger partial charge >= 0.3 is 0 Å². The maximum Gasteiger partial charge on any atom is 0.243 e. The Kier molecular flexibility index (Phi) is 7.72. The summed E-state index contributed by atoms with van der Waals surface area (Å²) in [6, 6.07) is 4.66. The number of nitrogens with one attached hydrogen (secondary N) is 2. The minimum absolute atomic E-state index is 0.203. The monoisotopic (exact) mass is 431 g/mol. The van der Waals surface area contributed by atoms with Crippen molar-refractivity contribution < 1.29 is 37.5 Å². The highest BCUT2D eigenvalue weighted by atomic mass is 32.2. The highest BCUT2D eigenvalue weighted by Gasteiger charge is 2.32. The van der Waals surface area contributed by atoms with Crippen molar-refractivity contribution in [3.05, 3.63) is 18.2 Å². The van der Waals surface area contributed by atoms with Crippen LogP contribution in [0.5, 0.6) is 11.5 Å². The lowest BCUT2D eigenvalue weighted by Gasteiger charge is -2.33. The number of hydrogen-bond acceptors (Lipinski definition) is 6. The highest BCUT2D eigenvalue weighted by molar-refractivity contribution is 7.89. The molecule has 9 nitrogen and oxygen atoms in total. The fourth-order valence-corrected chi connectivity index (χ4v) is 5.43. The van der Waals surface area contributed by atoms with Gasteiger partial charge in [-0.15, -0.1) is 0 Å². The van der Waals surface area contributed by atoms with Crippen molar-refractivity contribution in [2.75, 3.05) is 79.8 Å². The van der Waals surface area contributed by atoms with Gasteiger partial charge in [0.25, 0.3) is 0 Å². The smallest absolute Gasteiger partial charge is 0.243 e. The van der Waals surface area contributed by atoms with E-state index in [0.717, 1.165) is 32.8 Å². The van der Waals surface area contributed by atoms with Crippen LogP contribution in [-0.2, 0) is 14.8 Å². The fourth-order valence-electron chi connectivity index (χ4n) is 3.98. The van der Waals surface area contributed by atoms with Crippen LogP contribution in [0.15, 0.2) is 23.1 Å². The molecule has 3 rings (SSSR count). The molecule has 0 radical (unpaired) electrons. The third kappa shape index (κ3) is 5.59. The molecule has 0 bridgehead atoms.